The van der Waals surface area contributed by atoms with Crippen LogP contribution in [0, 0.1) is 10.1 Å². The third-order valence-corrected chi connectivity index (χ3v) is 3.80. The third-order valence-electron chi connectivity index (χ3n) is 1.99. The van der Waals surface area contributed by atoms with E-state index in [1.807, 2.05) is 22.7 Å². The van der Waals surface area contributed by atoms with Gasteiger partial charge in [-0.15, -0.1) is 11.3 Å². The molecule has 0 aliphatic rings. The van der Waals surface area contributed by atoms with E-state index in [-0.39, 0.29) is 9.92 Å². The number of thiophene rings is 1. The van der Waals surface area contributed by atoms with Crippen LogP contribution >= 0.6 is 22.7 Å². The van der Waals surface area contributed by atoms with Crippen LogP contribution in [0.1, 0.15) is 5.56 Å². The van der Waals surface area contributed by atoms with Crippen molar-refractivity contribution in [2.45, 2.75) is 6.54 Å². The Bertz CT molecular complexity index is 481. The van der Waals surface area contributed by atoms with Crippen molar-refractivity contribution >= 4 is 32.8 Å². The molecule has 2 heterocycles. The first-order chi connectivity index (χ1) is 7.66. The van der Waals surface area contributed by atoms with E-state index in [0.717, 1.165) is 22.0 Å². The molecule has 0 amide bonds. The molecule has 0 saturated heterocycles. The molecule has 0 aliphatic heterocycles. The molecule has 7 heteroatoms. The van der Waals surface area contributed by atoms with Crippen LogP contribution in [0.5, 0.6) is 0 Å². The number of hydrogen-bond acceptors (Lipinski definition) is 6. The van der Waals surface area contributed by atoms with Crippen LogP contribution in [0.15, 0.2) is 23.0 Å². The van der Waals surface area contributed by atoms with Gasteiger partial charge in [0.1, 0.15) is 0 Å². The lowest BCUT2D eigenvalue weighted by Crippen LogP contribution is -2.15. The summed E-state index contributed by atoms with van der Waals surface area (Å²) in [5.41, 5.74) is 0.939. The fourth-order valence-corrected chi connectivity index (χ4v) is 2.62. The van der Waals surface area contributed by atoms with E-state index >= 15 is 0 Å². The molecule has 84 valence electrons. The maximum Gasteiger partial charge on any atom is 0.324 e. The molecule has 0 radical (unpaired) electrons. The van der Waals surface area contributed by atoms with Crippen LogP contribution in [0.2, 0.25) is 0 Å². The highest BCUT2D eigenvalue weighted by Crippen LogP contribution is 2.25. The van der Waals surface area contributed by atoms with E-state index in [0.29, 0.717) is 6.54 Å². The predicted molar refractivity (Wildman–Crippen MR) is 65.2 cm³/mol. The molecule has 0 aromatic carbocycles. The van der Waals surface area contributed by atoms with E-state index in [4.69, 9.17) is 0 Å². The minimum absolute atomic E-state index is 0.183. The Morgan fingerprint density at radius 1 is 1.56 bits per heavy atom. The normalized spacial score (nSPS) is 10.3. The van der Waals surface area contributed by atoms with Crippen LogP contribution in [0.25, 0.3) is 0 Å². The van der Waals surface area contributed by atoms with E-state index in [2.05, 4.69) is 4.98 Å². The smallest absolute Gasteiger partial charge is 0.324 e. The Labute approximate surface area is 100 Å². The summed E-state index contributed by atoms with van der Waals surface area (Å²) >= 11 is 2.70. The highest BCUT2D eigenvalue weighted by atomic mass is 32.1. The summed E-state index contributed by atoms with van der Waals surface area (Å²) in [5.74, 6) is 0. The monoisotopic (exact) mass is 255 g/mol. The molecule has 0 spiro atoms. The molecule has 2 aromatic rings. The van der Waals surface area contributed by atoms with Gasteiger partial charge in [-0.3, -0.25) is 10.1 Å². The van der Waals surface area contributed by atoms with Gasteiger partial charge in [-0.1, -0.05) is 11.3 Å². The maximum atomic E-state index is 10.5. The van der Waals surface area contributed by atoms with Crippen LogP contribution in [0.3, 0.4) is 0 Å². The molecule has 0 fully saturated rings. The van der Waals surface area contributed by atoms with Crippen molar-refractivity contribution in [3.8, 4) is 0 Å². The van der Waals surface area contributed by atoms with Gasteiger partial charge in [0, 0.05) is 36.6 Å². The van der Waals surface area contributed by atoms with Crippen LogP contribution in [-0.2, 0) is 6.54 Å². The van der Waals surface area contributed by atoms with Crippen LogP contribution < -0.4 is 4.90 Å². The van der Waals surface area contributed by atoms with Crippen molar-refractivity contribution < 1.29 is 4.92 Å². The number of hydrogen-bond donors (Lipinski definition) is 0. The third kappa shape index (κ3) is 2.37. The van der Waals surface area contributed by atoms with Gasteiger partial charge < -0.3 is 4.90 Å². The molecule has 16 heavy (non-hydrogen) atoms. The van der Waals surface area contributed by atoms with Crippen molar-refractivity contribution in [1.29, 1.82) is 0 Å². The number of thiazole rings is 1. The largest absolute Gasteiger partial charge is 0.347 e. The second-order valence-electron chi connectivity index (χ2n) is 3.22. The highest BCUT2D eigenvalue weighted by molar-refractivity contribution is 7.13. The summed E-state index contributed by atoms with van der Waals surface area (Å²) in [6, 6.07) is 1.61. The first-order valence-corrected chi connectivity index (χ1v) is 6.25. The average molecular weight is 255 g/mol. The molecule has 2 rings (SSSR count). The Morgan fingerprint density at radius 3 is 2.94 bits per heavy atom. The number of anilines is 1. The van der Waals surface area contributed by atoms with E-state index in [1.54, 1.807) is 23.6 Å². The zero-order valence-corrected chi connectivity index (χ0v) is 10.1. The molecule has 2 aromatic heterocycles. The van der Waals surface area contributed by atoms with Gasteiger partial charge in [-0.2, -0.15) is 0 Å². The molecule has 0 unspecified atom stereocenters. The summed E-state index contributed by atoms with van der Waals surface area (Å²) in [7, 11) is 1.92. The van der Waals surface area contributed by atoms with Crippen molar-refractivity contribution in [2.24, 2.45) is 0 Å². The van der Waals surface area contributed by atoms with Crippen molar-refractivity contribution in [2.75, 3.05) is 11.9 Å². The molecule has 0 saturated carbocycles. The van der Waals surface area contributed by atoms with Gasteiger partial charge in [-0.05, 0) is 5.56 Å². The quantitative estimate of drug-likeness (QED) is 0.622. The summed E-state index contributed by atoms with van der Waals surface area (Å²) in [4.78, 5) is 16.3. The maximum absolute atomic E-state index is 10.5. The lowest BCUT2D eigenvalue weighted by atomic mass is 10.3. The molecule has 0 bridgehead atoms. The van der Waals surface area contributed by atoms with Crippen molar-refractivity contribution in [3.63, 3.8) is 0 Å². The Kier molecular flexibility index (Phi) is 3.16. The number of nitrogens with zero attached hydrogens (tertiary/aromatic N) is 3. The SMILES string of the molecule is CN(Cc1csc([N+](=O)[O-])c1)c1nccs1. The molecular formula is C9H9N3O2S2. The van der Waals surface area contributed by atoms with E-state index in [9.17, 15) is 10.1 Å². The van der Waals surface area contributed by atoms with Gasteiger partial charge in [-0.25, -0.2) is 4.98 Å². The average Bonchev–Trinajstić information content (AvgIpc) is 2.87. The lowest BCUT2D eigenvalue weighted by molar-refractivity contribution is -0.380. The van der Waals surface area contributed by atoms with Gasteiger partial charge in [0.25, 0.3) is 0 Å². The highest BCUT2D eigenvalue weighted by Gasteiger charge is 2.11. The molecular weight excluding hydrogens is 246 g/mol. The van der Waals surface area contributed by atoms with Gasteiger partial charge in [0.15, 0.2) is 5.13 Å². The van der Waals surface area contributed by atoms with Crippen molar-refractivity contribution in [3.05, 3.63) is 38.7 Å². The molecule has 0 N–H and O–H groups in total. The Hall–Kier alpha value is -1.47. The Balaban J connectivity index is 2.06. The Morgan fingerprint density at radius 2 is 2.38 bits per heavy atom. The fourth-order valence-electron chi connectivity index (χ4n) is 1.29. The first kappa shape index (κ1) is 11.0. The zero-order chi connectivity index (χ0) is 11.5. The van der Waals surface area contributed by atoms with Crippen LogP contribution in [-0.4, -0.2) is 17.0 Å². The second-order valence-corrected chi connectivity index (χ2v) is 4.98. The van der Waals surface area contributed by atoms with Gasteiger partial charge in [0.2, 0.25) is 0 Å². The fraction of sp³-hybridized carbons (Fsp3) is 0.222. The minimum Gasteiger partial charge on any atom is -0.347 e. The number of nitro groups is 1. The number of aromatic nitrogens is 1. The van der Waals surface area contributed by atoms with E-state index < -0.39 is 0 Å². The van der Waals surface area contributed by atoms with Crippen molar-refractivity contribution in [1.82, 2.24) is 4.98 Å². The first-order valence-electron chi connectivity index (χ1n) is 4.49. The lowest BCUT2D eigenvalue weighted by Gasteiger charge is -2.13. The number of rotatable bonds is 4. The molecule has 0 aliphatic carbocycles. The molecule has 5 nitrogen and oxygen atoms in total. The summed E-state index contributed by atoms with van der Waals surface area (Å²) < 4.78 is 0. The second kappa shape index (κ2) is 4.58. The zero-order valence-electron chi connectivity index (χ0n) is 8.49. The van der Waals surface area contributed by atoms with Gasteiger partial charge in [0.05, 0.1) is 4.92 Å². The standard InChI is InChI=1S/C9H9N3O2S2/c1-11(9-10-2-3-15-9)5-7-4-8(12(13)14)16-6-7/h2-4,6H,5H2,1H3. The summed E-state index contributed by atoms with van der Waals surface area (Å²) in [5, 5.41) is 15.3. The minimum atomic E-state index is -0.364. The van der Waals surface area contributed by atoms with Crippen LogP contribution in [0.4, 0.5) is 10.1 Å². The summed E-state index contributed by atoms with van der Waals surface area (Å²) in [6.45, 7) is 0.637. The van der Waals surface area contributed by atoms with Gasteiger partial charge >= 0.3 is 5.00 Å². The molecule has 0 atom stereocenters. The summed E-state index contributed by atoms with van der Waals surface area (Å²) in [6.07, 6.45) is 1.74. The van der Waals surface area contributed by atoms with E-state index in [1.165, 1.54) is 0 Å². The topological polar surface area (TPSA) is 59.3 Å². The predicted octanol–water partition coefficient (Wildman–Crippen LogP) is 2.75.